The molecule has 0 bridgehead atoms. The van der Waals surface area contributed by atoms with Crippen molar-refractivity contribution in [3.05, 3.63) is 35.4 Å². The first-order valence-electron chi connectivity index (χ1n) is 7.20. The summed E-state index contributed by atoms with van der Waals surface area (Å²) in [4.78, 5) is 0. The van der Waals surface area contributed by atoms with E-state index >= 15 is 0 Å². The molecule has 2 fully saturated rings. The molecule has 1 aromatic carbocycles. The molecule has 2 saturated carbocycles. The number of hydrogen-bond donors (Lipinski definition) is 1. The number of benzene rings is 1. The van der Waals surface area contributed by atoms with Crippen molar-refractivity contribution >= 4 is 0 Å². The highest BCUT2D eigenvalue weighted by Gasteiger charge is 2.29. The third-order valence-electron chi connectivity index (χ3n) is 4.76. The molecule has 0 spiro atoms. The van der Waals surface area contributed by atoms with Crippen molar-refractivity contribution in [1.82, 2.24) is 0 Å². The van der Waals surface area contributed by atoms with Gasteiger partial charge in [0.25, 0.3) is 0 Å². The molecule has 0 amide bonds. The maximum atomic E-state index is 6.34. The van der Waals surface area contributed by atoms with Crippen LogP contribution in [-0.2, 0) is 0 Å². The topological polar surface area (TPSA) is 26.0 Å². The Morgan fingerprint density at radius 3 is 2.18 bits per heavy atom. The summed E-state index contributed by atoms with van der Waals surface area (Å²) in [6.45, 7) is 0. The van der Waals surface area contributed by atoms with E-state index in [0.717, 1.165) is 5.92 Å². The third-order valence-corrected chi connectivity index (χ3v) is 4.76. The van der Waals surface area contributed by atoms with Gasteiger partial charge in [0, 0.05) is 6.04 Å². The Bertz CT molecular complexity index is 381. The smallest absolute Gasteiger partial charge is 0.0108 e. The van der Waals surface area contributed by atoms with Crippen LogP contribution in [0.15, 0.2) is 24.3 Å². The van der Waals surface area contributed by atoms with Crippen LogP contribution in [0.3, 0.4) is 0 Å². The first-order valence-corrected chi connectivity index (χ1v) is 7.20. The van der Waals surface area contributed by atoms with Crippen LogP contribution in [0.2, 0.25) is 0 Å². The van der Waals surface area contributed by atoms with Crippen LogP contribution in [0.25, 0.3) is 0 Å². The molecule has 1 nitrogen and oxygen atoms in total. The Labute approximate surface area is 104 Å². The molecule has 3 rings (SSSR count). The molecular weight excluding hydrogens is 206 g/mol. The minimum absolute atomic E-state index is 0.393. The molecule has 2 atom stereocenters. The Morgan fingerprint density at radius 2 is 1.53 bits per heavy atom. The van der Waals surface area contributed by atoms with Crippen LogP contribution in [-0.4, -0.2) is 6.04 Å². The quantitative estimate of drug-likeness (QED) is 0.816. The normalized spacial score (nSPS) is 29.9. The Hall–Kier alpha value is -0.820. The Kier molecular flexibility index (Phi) is 3.19. The van der Waals surface area contributed by atoms with E-state index < -0.39 is 0 Å². The van der Waals surface area contributed by atoms with E-state index in [9.17, 15) is 0 Å². The minimum atomic E-state index is 0.393. The summed E-state index contributed by atoms with van der Waals surface area (Å²) in [5, 5.41) is 0. The Morgan fingerprint density at radius 1 is 0.824 bits per heavy atom. The molecule has 17 heavy (non-hydrogen) atoms. The standard InChI is InChI=1S/C16H23N/c17-16-11-4-3-10-15(16)14-9-2-1-8-13(14)12-6-5-7-12/h1-2,8-9,12,15-16H,3-7,10-11,17H2. The van der Waals surface area contributed by atoms with Crippen molar-refractivity contribution in [3.8, 4) is 0 Å². The molecule has 92 valence electrons. The summed E-state index contributed by atoms with van der Waals surface area (Å²) in [5.74, 6) is 1.46. The summed E-state index contributed by atoms with van der Waals surface area (Å²) < 4.78 is 0. The molecular formula is C16H23N. The predicted molar refractivity (Wildman–Crippen MR) is 72.2 cm³/mol. The number of nitrogens with two attached hydrogens (primary N) is 1. The molecule has 2 aliphatic carbocycles. The highest BCUT2D eigenvalue weighted by Crippen LogP contribution is 2.42. The van der Waals surface area contributed by atoms with E-state index in [-0.39, 0.29) is 0 Å². The fourth-order valence-electron chi connectivity index (χ4n) is 3.49. The number of hydrogen-bond acceptors (Lipinski definition) is 1. The highest BCUT2D eigenvalue weighted by atomic mass is 14.7. The Balaban J connectivity index is 1.89. The van der Waals surface area contributed by atoms with Gasteiger partial charge in [-0.3, -0.25) is 0 Å². The second-order valence-electron chi connectivity index (χ2n) is 5.81. The maximum Gasteiger partial charge on any atom is 0.0108 e. The number of rotatable bonds is 2. The van der Waals surface area contributed by atoms with Crippen molar-refractivity contribution in [1.29, 1.82) is 0 Å². The molecule has 1 aromatic rings. The van der Waals surface area contributed by atoms with Gasteiger partial charge in [-0.05, 0) is 48.6 Å². The van der Waals surface area contributed by atoms with Gasteiger partial charge < -0.3 is 5.73 Å². The van der Waals surface area contributed by atoms with Crippen molar-refractivity contribution in [2.24, 2.45) is 5.73 Å². The van der Waals surface area contributed by atoms with Crippen molar-refractivity contribution in [2.75, 3.05) is 0 Å². The van der Waals surface area contributed by atoms with E-state index in [1.807, 2.05) is 0 Å². The van der Waals surface area contributed by atoms with Crippen LogP contribution in [0.1, 0.15) is 67.9 Å². The molecule has 2 unspecified atom stereocenters. The van der Waals surface area contributed by atoms with Crippen LogP contribution in [0.5, 0.6) is 0 Å². The molecule has 0 radical (unpaired) electrons. The van der Waals surface area contributed by atoms with Gasteiger partial charge in [0.15, 0.2) is 0 Å². The van der Waals surface area contributed by atoms with E-state index in [4.69, 9.17) is 5.73 Å². The lowest BCUT2D eigenvalue weighted by molar-refractivity contribution is 0.371. The summed E-state index contributed by atoms with van der Waals surface area (Å²) in [5.41, 5.74) is 9.53. The van der Waals surface area contributed by atoms with Crippen molar-refractivity contribution in [3.63, 3.8) is 0 Å². The lowest BCUT2D eigenvalue weighted by atomic mass is 9.72. The fraction of sp³-hybridized carbons (Fsp3) is 0.625. The summed E-state index contributed by atoms with van der Waals surface area (Å²) in [6, 6.07) is 9.47. The van der Waals surface area contributed by atoms with E-state index in [1.165, 1.54) is 44.9 Å². The minimum Gasteiger partial charge on any atom is -0.327 e. The highest BCUT2D eigenvalue weighted by molar-refractivity contribution is 5.35. The van der Waals surface area contributed by atoms with Crippen LogP contribution in [0, 0.1) is 0 Å². The van der Waals surface area contributed by atoms with Crippen molar-refractivity contribution in [2.45, 2.75) is 62.8 Å². The van der Waals surface area contributed by atoms with Gasteiger partial charge in [-0.2, -0.15) is 0 Å². The average molecular weight is 229 g/mol. The summed E-state index contributed by atoms with van der Waals surface area (Å²) >= 11 is 0. The molecule has 2 N–H and O–H groups in total. The zero-order chi connectivity index (χ0) is 11.7. The SMILES string of the molecule is NC1CCCCC1c1ccccc1C1CCC1. The van der Waals surface area contributed by atoms with E-state index in [0.29, 0.717) is 12.0 Å². The third kappa shape index (κ3) is 2.13. The molecule has 0 aliphatic heterocycles. The first kappa shape index (κ1) is 11.3. The molecule has 1 heteroatoms. The molecule has 0 aromatic heterocycles. The van der Waals surface area contributed by atoms with Gasteiger partial charge in [-0.15, -0.1) is 0 Å². The second kappa shape index (κ2) is 4.81. The van der Waals surface area contributed by atoms with Gasteiger partial charge in [0.1, 0.15) is 0 Å². The lowest BCUT2D eigenvalue weighted by Crippen LogP contribution is -2.32. The van der Waals surface area contributed by atoms with Gasteiger partial charge in [0.05, 0.1) is 0 Å². The second-order valence-corrected chi connectivity index (χ2v) is 5.81. The zero-order valence-electron chi connectivity index (χ0n) is 10.6. The van der Waals surface area contributed by atoms with Gasteiger partial charge in [-0.1, -0.05) is 43.5 Å². The van der Waals surface area contributed by atoms with Crippen LogP contribution in [0.4, 0.5) is 0 Å². The van der Waals surface area contributed by atoms with Crippen molar-refractivity contribution < 1.29 is 0 Å². The predicted octanol–water partition coefficient (Wildman–Crippen LogP) is 3.94. The molecule has 0 saturated heterocycles. The summed E-state index contributed by atoms with van der Waals surface area (Å²) in [6.07, 6.45) is 9.38. The first-order chi connectivity index (χ1) is 8.36. The lowest BCUT2D eigenvalue weighted by Gasteiger charge is -2.34. The van der Waals surface area contributed by atoms with Gasteiger partial charge >= 0.3 is 0 Å². The van der Waals surface area contributed by atoms with E-state index in [2.05, 4.69) is 24.3 Å². The zero-order valence-corrected chi connectivity index (χ0v) is 10.6. The van der Waals surface area contributed by atoms with Gasteiger partial charge in [-0.25, -0.2) is 0 Å². The van der Waals surface area contributed by atoms with E-state index in [1.54, 1.807) is 11.1 Å². The molecule has 0 heterocycles. The fourth-order valence-corrected chi connectivity index (χ4v) is 3.49. The largest absolute Gasteiger partial charge is 0.327 e. The van der Waals surface area contributed by atoms with Crippen LogP contribution < -0.4 is 5.73 Å². The van der Waals surface area contributed by atoms with Gasteiger partial charge in [0.2, 0.25) is 0 Å². The average Bonchev–Trinajstić information content (AvgIpc) is 2.29. The van der Waals surface area contributed by atoms with Crippen LogP contribution >= 0.6 is 0 Å². The summed E-state index contributed by atoms with van der Waals surface area (Å²) in [7, 11) is 0. The monoisotopic (exact) mass is 229 g/mol. The maximum absolute atomic E-state index is 6.34. The molecule has 2 aliphatic rings.